The highest BCUT2D eigenvalue weighted by Crippen LogP contribution is 2.36. The van der Waals surface area contributed by atoms with Crippen molar-refractivity contribution < 1.29 is 19.0 Å². The van der Waals surface area contributed by atoms with Gasteiger partial charge in [-0.1, -0.05) is 0 Å². The van der Waals surface area contributed by atoms with Gasteiger partial charge in [0.1, 0.15) is 6.10 Å². The van der Waals surface area contributed by atoms with Crippen LogP contribution in [0.25, 0.3) is 0 Å². The number of rotatable bonds is 4. The molecule has 0 aromatic rings. The second-order valence-electron chi connectivity index (χ2n) is 7.21. The first-order valence-corrected chi connectivity index (χ1v) is 8.94. The summed E-state index contributed by atoms with van der Waals surface area (Å²) in [5.74, 6) is 1.19. The van der Waals surface area contributed by atoms with Crippen molar-refractivity contribution in [2.24, 2.45) is 11.8 Å². The van der Waals surface area contributed by atoms with Crippen LogP contribution in [0.5, 0.6) is 0 Å². The summed E-state index contributed by atoms with van der Waals surface area (Å²) >= 11 is 0. The molecule has 0 aromatic carbocycles. The highest BCUT2D eigenvalue weighted by Gasteiger charge is 2.46. The van der Waals surface area contributed by atoms with Gasteiger partial charge >= 0.3 is 0 Å². The third kappa shape index (κ3) is 3.03. The van der Waals surface area contributed by atoms with E-state index in [1.807, 2.05) is 0 Å². The van der Waals surface area contributed by atoms with E-state index in [0.29, 0.717) is 12.5 Å². The van der Waals surface area contributed by atoms with E-state index in [9.17, 15) is 4.79 Å². The summed E-state index contributed by atoms with van der Waals surface area (Å²) in [4.78, 5) is 15.0. The molecule has 4 aliphatic rings. The number of carbonyl (C=O) groups excluding carboxylic acids is 1. The molecule has 2 aliphatic carbocycles. The summed E-state index contributed by atoms with van der Waals surface area (Å²) < 4.78 is 17.6. The van der Waals surface area contributed by atoms with Crippen molar-refractivity contribution >= 4 is 5.91 Å². The van der Waals surface area contributed by atoms with Crippen LogP contribution >= 0.6 is 0 Å². The highest BCUT2D eigenvalue weighted by atomic mass is 16.5. The van der Waals surface area contributed by atoms with Crippen LogP contribution in [-0.2, 0) is 19.0 Å². The fourth-order valence-electron chi connectivity index (χ4n) is 4.09. The molecule has 2 saturated heterocycles. The monoisotopic (exact) mass is 309 g/mol. The first kappa shape index (κ1) is 14.9. The van der Waals surface area contributed by atoms with Crippen LogP contribution in [0.4, 0.5) is 0 Å². The van der Waals surface area contributed by atoms with Gasteiger partial charge < -0.3 is 19.1 Å². The molecule has 0 radical (unpaired) electrons. The molecule has 0 N–H and O–H groups in total. The Hall–Kier alpha value is -0.650. The second kappa shape index (κ2) is 6.46. The molecule has 4 fully saturated rings. The van der Waals surface area contributed by atoms with E-state index in [0.717, 1.165) is 58.0 Å². The predicted octanol–water partition coefficient (Wildman–Crippen LogP) is 1.60. The zero-order chi connectivity index (χ0) is 14.9. The Morgan fingerprint density at radius 2 is 1.86 bits per heavy atom. The third-order valence-electron chi connectivity index (χ3n) is 5.63. The van der Waals surface area contributed by atoms with Crippen molar-refractivity contribution in [3.63, 3.8) is 0 Å². The number of ether oxygens (including phenoxy) is 3. The summed E-state index contributed by atoms with van der Waals surface area (Å²) in [6.07, 6.45) is 6.65. The first-order valence-electron chi connectivity index (χ1n) is 8.94. The number of hydrogen-bond acceptors (Lipinski definition) is 4. The normalized spacial score (nSPS) is 36.4. The Morgan fingerprint density at radius 3 is 2.64 bits per heavy atom. The Morgan fingerprint density at radius 1 is 1.05 bits per heavy atom. The summed E-state index contributed by atoms with van der Waals surface area (Å²) in [7, 11) is 0. The number of hydrogen-bond donors (Lipinski definition) is 0. The second-order valence-corrected chi connectivity index (χ2v) is 7.21. The maximum Gasteiger partial charge on any atom is 0.226 e. The van der Waals surface area contributed by atoms with Gasteiger partial charge in [0.05, 0.1) is 18.8 Å². The van der Waals surface area contributed by atoms with Gasteiger partial charge in [-0.05, 0) is 44.4 Å². The predicted molar refractivity (Wildman–Crippen MR) is 80.5 cm³/mol. The molecule has 0 unspecified atom stereocenters. The summed E-state index contributed by atoms with van der Waals surface area (Å²) in [6, 6.07) is 0.224. The molecular formula is C17H27NO4. The average Bonchev–Trinajstić information content (AvgIpc) is 3.30. The lowest BCUT2D eigenvalue weighted by Crippen LogP contribution is -2.49. The number of fused-ring (bicyclic) bond motifs is 2. The molecular weight excluding hydrogens is 282 g/mol. The molecule has 1 amide bonds. The van der Waals surface area contributed by atoms with Crippen molar-refractivity contribution in [2.45, 2.75) is 56.8 Å². The molecule has 2 bridgehead atoms. The molecule has 2 heterocycles. The smallest absolute Gasteiger partial charge is 0.226 e. The lowest BCUT2D eigenvalue weighted by molar-refractivity contribution is -0.143. The number of nitrogens with zero attached hydrogens (tertiary/aromatic N) is 1. The van der Waals surface area contributed by atoms with E-state index in [2.05, 4.69) is 4.90 Å². The minimum absolute atomic E-state index is 0.0897. The molecule has 124 valence electrons. The molecule has 2 aliphatic heterocycles. The van der Waals surface area contributed by atoms with Crippen molar-refractivity contribution in [1.82, 2.24) is 4.90 Å². The van der Waals surface area contributed by atoms with Crippen molar-refractivity contribution in [3.05, 3.63) is 0 Å². The van der Waals surface area contributed by atoms with E-state index in [1.165, 1.54) is 12.8 Å². The Labute approximate surface area is 132 Å². The average molecular weight is 309 g/mol. The Kier molecular flexibility index (Phi) is 4.38. The van der Waals surface area contributed by atoms with Gasteiger partial charge in [0.25, 0.3) is 0 Å². The van der Waals surface area contributed by atoms with Gasteiger partial charge in [-0.3, -0.25) is 4.79 Å². The van der Waals surface area contributed by atoms with Gasteiger partial charge in [0.15, 0.2) is 0 Å². The Balaban J connectivity index is 1.44. The fraction of sp³-hybridized carbons (Fsp3) is 0.941. The third-order valence-corrected chi connectivity index (χ3v) is 5.63. The summed E-state index contributed by atoms with van der Waals surface area (Å²) in [5, 5.41) is 0. The molecule has 2 saturated carbocycles. The van der Waals surface area contributed by atoms with Crippen molar-refractivity contribution in [3.8, 4) is 0 Å². The number of carbonyl (C=O) groups is 1. The Bertz CT molecular complexity index is 405. The summed E-state index contributed by atoms with van der Waals surface area (Å²) in [6.45, 7) is 3.66. The van der Waals surface area contributed by atoms with Gasteiger partial charge in [0, 0.05) is 32.3 Å². The van der Waals surface area contributed by atoms with Crippen LogP contribution in [0.2, 0.25) is 0 Å². The van der Waals surface area contributed by atoms with E-state index in [1.54, 1.807) is 0 Å². The lowest BCUT2D eigenvalue weighted by Gasteiger charge is -2.35. The SMILES string of the molecule is O=C(C1CCOCC1)N1CCO[C@H]2CC[C@H]1[C@@H]2OCC1CC1. The highest BCUT2D eigenvalue weighted by molar-refractivity contribution is 5.79. The molecule has 4 rings (SSSR count). The van der Waals surface area contributed by atoms with E-state index >= 15 is 0 Å². The van der Waals surface area contributed by atoms with Crippen LogP contribution in [0.15, 0.2) is 0 Å². The molecule has 0 spiro atoms. The standard InChI is InChI=1S/C17H27NO4/c19-17(13-5-8-20-9-6-13)18-7-10-21-15-4-3-14(18)16(15)22-11-12-1-2-12/h12-16H,1-11H2/t14-,15-,16-/m0/s1. The van der Waals surface area contributed by atoms with Gasteiger partial charge in [0.2, 0.25) is 5.91 Å². The summed E-state index contributed by atoms with van der Waals surface area (Å²) in [5.41, 5.74) is 0. The molecule has 5 nitrogen and oxygen atoms in total. The van der Waals surface area contributed by atoms with Gasteiger partial charge in [-0.25, -0.2) is 0 Å². The molecule has 3 atom stereocenters. The van der Waals surface area contributed by atoms with Gasteiger partial charge in [-0.2, -0.15) is 0 Å². The largest absolute Gasteiger partial charge is 0.381 e. The van der Waals surface area contributed by atoms with Crippen LogP contribution in [0.1, 0.15) is 38.5 Å². The van der Waals surface area contributed by atoms with E-state index < -0.39 is 0 Å². The first-order chi connectivity index (χ1) is 10.8. The van der Waals surface area contributed by atoms with Crippen molar-refractivity contribution in [2.75, 3.05) is 33.0 Å². The number of amides is 1. The van der Waals surface area contributed by atoms with E-state index in [4.69, 9.17) is 14.2 Å². The van der Waals surface area contributed by atoms with E-state index in [-0.39, 0.29) is 24.2 Å². The zero-order valence-corrected chi connectivity index (χ0v) is 13.2. The minimum Gasteiger partial charge on any atom is -0.381 e. The van der Waals surface area contributed by atoms with Gasteiger partial charge in [-0.15, -0.1) is 0 Å². The molecule has 5 heteroatoms. The maximum atomic E-state index is 12.9. The minimum atomic E-state index is 0.0897. The topological polar surface area (TPSA) is 48.0 Å². The van der Waals surface area contributed by atoms with Crippen LogP contribution in [0, 0.1) is 11.8 Å². The fourth-order valence-corrected chi connectivity index (χ4v) is 4.09. The lowest BCUT2D eigenvalue weighted by atomic mass is 9.97. The quantitative estimate of drug-likeness (QED) is 0.791. The van der Waals surface area contributed by atoms with Crippen LogP contribution < -0.4 is 0 Å². The van der Waals surface area contributed by atoms with Crippen LogP contribution in [0.3, 0.4) is 0 Å². The molecule has 22 heavy (non-hydrogen) atoms. The van der Waals surface area contributed by atoms with Crippen LogP contribution in [-0.4, -0.2) is 62.0 Å². The van der Waals surface area contributed by atoms with Crippen molar-refractivity contribution in [1.29, 1.82) is 0 Å². The zero-order valence-electron chi connectivity index (χ0n) is 13.2. The molecule has 0 aromatic heterocycles. The maximum absolute atomic E-state index is 12.9.